The highest BCUT2D eigenvalue weighted by Gasteiger charge is 2.21. The Hall–Kier alpha value is -0.820. The predicted molar refractivity (Wildman–Crippen MR) is 63.9 cm³/mol. The molecule has 1 aromatic rings. The first-order chi connectivity index (χ1) is 7.74. The molecule has 2 N–H and O–H groups in total. The van der Waals surface area contributed by atoms with E-state index in [0.29, 0.717) is 0 Å². The molecular formula is C9H9Cl2NO4S. The number of nitrogens with one attached hydrogen (secondary N) is 1. The summed E-state index contributed by atoms with van der Waals surface area (Å²) in [6, 6.07) is 2.49. The van der Waals surface area contributed by atoms with Crippen LogP contribution in [0.3, 0.4) is 0 Å². The van der Waals surface area contributed by atoms with Crippen molar-refractivity contribution in [3.63, 3.8) is 0 Å². The molecular weight excluding hydrogens is 289 g/mol. The predicted octanol–water partition coefficient (Wildman–Crippen LogP) is 1.74. The number of sulfonamides is 1. The Balaban J connectivity index is 3.05. The normalized spacial score (nSPS) is 13.4. The molecule has 1 aromatic carbocycles. The van der Waals surface area contributed by atoms with E-state index in [1.54, 1.807) is 0 Å². The number of carbonyl (C=O) groups is 1. The van der Waals surface area contributed by atoms with Crippen LogP contribution in [-0.4, -0.2) is 25.5 Å². The van der Waals surface area contributed by atoms with Gasteiger partial charge in [-0.05, 0) is 25.1 Å². The van der Waals surface area contributed by atoms with Crippen molar-refractivity contribution >= 4 is 39.2 Å². The third-order valence-corrected chi connectivity index (χ3v) is 4.18. The fourth-order valence-corrected chi connectivity index (χ4v) is 2.58. The van der Waals surface area contributed by atoms with Crippen LogP contribution >= 0.6 is 23.2 Å². The third-order valence-electron chi connectivity index (χ3n) is 1.90. The van der Waals surface area contributed by atoms with Crippen molar-refractivity contribution in [3.8, 4) is 0 Å². The van der Waals surface area contributed by atoms with E-state index >= 15 is 0 Å². The smallest absolute Gasteiger partial charge is 0.321 e. The van der Waals surface area contributed by atoms with Gasteiger partial charge in [0.25, 0.3) is 0 Å². The summed E-state index contributed by atoms with van der Waals surface area (Å²) in [6.45, 7) is 1.22. The van der Waals surface area contributed by atoms with E-state index in [4.69, 9.17) is 28.3 Å². The summed E-state index contributed by atoms with van der Waals surface area (Å²) < 4.78 is 25.5. The topological polar surface area (TPSA) is 83.5 Å². The summed E-state index contributed by atoms with van der Waals surface area (Å²) in [6.07, 6.45) is 0. The molecule has 0 aliphatic carbocycles. The summed E-state index contributed by atoms with van der Waals surface area (Å²) in [5.74, 6) is -1.27. The average molecular weight is 298 g/mol. The van der Waals surface area contributed by atoms with Gasteiger partial charge in [0.15, 0.2) is 0 Å². The molecule has 0 fully saturated rings. The minimum Gasteiger partial charge on any atom is -0.480 e. The Kier molecular flexibility index (Phi) is 4.37. The molecule has 0 aliphatic heterocycles. The van der Waals surface area contributed by atoms with Gasteiger partial charge >= 0.3 is 5.97 Å². The van der Waals surface area contributed by atoms with Crippen LogP contribution in [0.1, 0.15) is 6.92 Å². The van der Waals surface area contributed by atoms with Gasteiger partial charge in [-0.25, -0.2) is 8.42 Å². The van der Waals surface area contributed by atoms with Crippen molar-refractivity contribution in [2.75, 3.05) is 0 Å². The summed E-state index contributed by atoms with van der Waals surface area (Å²) >= 11 is 11.3. The SMILES string of the molecule is C[C@H](NS(=O)(=O)c1ccc(Cl)c(Cl)c1)C(=O)O. The van der Waals surface area contributed by atoms with Crippen LogP contribution in [0.5, 0.6) is 0 Å². The monoisotopic (exact) mass is 297 g/mol. The molecule has 8 heteroatoms. The van der Waals surface area contributed by atoms with Crippen LogP contribution in [0.4, 0.5) is 0 Å². The maximum Gasteiger partial charge on any atom is 0.321 e. The molecule has 0 amide bonds. The zero-order valence-corrected chi connectivity index (χ0v) is 11.0. The molecule has 0 saturated carbocycles. The fraction of sp³-hybridized carbons (Fsp3) is 0.222. The summed E-state index contributed by atoms with van der Waals surface area (Å²) in [5, 5.41) is 8.92. The van der Waals surface area contributed by atoms with E-state index in [1.165, 1.54) is 19.1 Å². The number of aliphatic carboxylic acids is 1. The number of carboxylic acid groups (broad SMARTS) is 1. The van der Waals surface area contributed by atoms with Gasteiger partial charge in [-0.3, -0.25) is 4.79 Å². The van der Waals surface area contributed by atoms with Crippen molar-refractivity contribution in [2.45, 2.75) is 17.9 Å². The van der Waals surface area contributed by atoms with E-state index < -0.39 is 22.0 Å². The molecule has 0 bridgehead atoms. The molecule has 5 nitrogen and oxygen atoms in total. The van der Waals surface area contributed by atoms with Crippen molar-refractivity contribution in [1.29, 1.82) is 0 Å². The Morgan fingerprint density at radius 2 is 1.94 bits per heavy atom. The van der Waals surface area contributed by atoms with E-state index in [9.17, 15) is 13.2 Å². The van der Waals surface area contributed by atoms with Gasteiger partial charge in [0.2, 0.25) is 10.0 Å². The molecule has 0 aliphatic rings. The first kappa shape index (κ1) is 14.2. The summed E-state index contributed by atoms with van der Waals surface area (Å²) in [4.78, 5) is 10.4. The van der Waals surface area contributed by atoms with Gasteiger partial charge in [0.1, 0.15) is 6.04 Å². The van der Waals surface area contributed by atoms with Crippen LogP contribution in [0.2, 0.25) is 10.0 Å². The number of benzene rings is 1. The maximum atomic E-state index is 11.7. The van der Waals surface area contributed by atoms with Gasteiger partial charge in [-0.2, -0.15) is 4.72 Å². The lowest BCUT2D eigenvalue weighted by molar-refractivity contribution is -0.138. The van der Waals surface area contributed by atoms with Crippen LogP contribution < -0.4 is 4.72 Å². The lowest BCUT2D eigenvalue weighted by atomic mass is 10.4. The average Bonchev–Trinajstić information content (AvgIpc) is 2.21. The first-order valence-corrected chi connectivity index (χ1v) is 6.68. The minimum atomic E-state index is -3.92. The van der Waals surface area contributed by atoms with E-state index in [2.05, 4.69) is 0 Å². The maximum absolute atomic E-state index is 11.7. The molecule has 0 unspecified atom stereocenters. The van der Waals surface area contributed by atoms with Crippen molar-refractivity contribution in [1.82, 2.24) is 4.72 Å². The second-order valence-electron chi connectivity index (χ2n) is 3.26. The molecule has 1 rings (SSSR count). The van der Waals surface area contributed by atoms with Crippen LogP contribution in [0, 0.1) is 0 Å². The van der Waals surface area contributed by atoms with E-state index in [0.717, 1.165) is 6.07 Å². The molecule has 0 heterocycles. The van der Waals surface area contributed by atoms with Gasteiger partial charge in [0.05, 0.1) is 14.9 Å². The van der Waals surface area contributed by atoms with Crippen LogP contribution in [0.15, 0.2) is 23.1 Å². The highest BCUT2D eigenvalue weighted by molar-refractivity contribution is 7.89. The molecule has 17 heavy (non-hydrogen) atoms. The van der Waals surface area contributed by atoms with Crippen molar-refractivity contribution in [2.24, 2.45) is 0 Å². The standard InChI is InChI=1S/C9H9Cl2NO4S/c1-5(9(13)14)12-17(15,16)6-2-3-7(10)8(11)4-6/h2-5,12H,1H3,(H,13,14)/t5-/m0/s1. The minimum absolute atomic E-state index is 0.0810. The lowest BCUT2D eigenvalue weighted by Gasteiger charge is -2.10. The number of carboxylic acids is 1. The number of halogens is 2. The van der Waals surface area contributed by atoms with Crippen molar-refractivity contribution < 1.29 is 18.3 Å². The number of rotatable bonds is 4. The Labute approximate surface area is 108 Å². The molecule has 94 valence electrons. The second-order valence-corrected chi connectivity index (χ2v) is 5.79. The second kappa shape index (κ2) is 5.22. The molecule has 0 aromatic heterocycles. The zero-order valence-electron chi connectivity index (χ0n) is 8.65. The Bertz CT molecular complexity index is 544. The van der Waals surface area contributed by atoms with Crippen LogP contribution in [0.25, 0.3) is 0 Å². The van der Waals surface area contributed by atoms with Gasteiger partial charge in [0, 0.05) is 0 Å². The van der Waals surface area contributed by atoms with Gasteiger partial charge in [-0.1, -0.05) is 23.2 Å². The largest absolute Gasteiger partial charge is 0.480 e. The quantitative estimate of drug-likeness (QED) is 0.887. The number of hydrogen-bond acceptors (Lipinski definition) is 3. The Morgan fingerprint density at radius 3 is 2.41 bits per heavy atom. The van der Waals surface area contributed by atoms with Gasteiger partial charge < -0.3 is 5.11 Å². The highest BCUT2D eigenvalue weighted by atomic mass is 35.5. The summed E-state index contributed by atoms with van der Waals surface area (Å²) in [7, 11) is -3.92. The summed E-state index contributed by atoms with van der Waals surface area (Å²) in [5.41, 5.74) is 0. The Morgan fingerprint density at radius 1 is 1.35 bits per heavy atom. The molecule has 1 atom stereocenters. The van der Waals surface area contributed by atoms with E-state index in [-0.39, 0.29) is 14.9 Å². The molecule has 0 radical (unpaired) electrons. The number of hydrogen-bond donors (Lipinski definition) is 2. The lowest BCUT2D eigenvalue weighted by Crippen LogP contribution is -2.38. The fourth-order valence-electron chi connectivity index (χ4n) is 0.995. The molecule has 0 saturated heterocycles. The first-order valence-electron chi connectivity index (χ1n) is 4.44. The van der Waals surface area contributed by atoms with E-state index in [1.807, 2.05) is 4.72 Å². The zero-order chi connectivity index (χ0) is 13.2. The highest BCUT2D eigenvalue weighted by Crippen LogP contribution is 2.24. The molecule has 0 spiro atoms. The van der Waals surface area contributed by atoms with Gasteiger partial charge in [-0.15, -0.1) is 0 Å². The van der Waals surface area contributed by atoms with Crippen molar-refractivity contribution in [3.05, 3.63) is 28.2 Å². The van der Waals surface area contributed by atoms with Crippen LogP contribution in [-0.2, 0) is 14.8 Å². The third kappa shape index (κ3) is 3.57.